The van der Waals surface area contributed by atoms with E-state index in [2.05, 4.69) is 31.2 Å². The quantitative estimate of drug-likeness (QED) is 0.379. The second kappa shape index (κ2) is 7.84. The van der Waals surface area contributed by atoms with Gasteiger partial charge in [-0.3, -0.25) is 4.79 Å². The molecule has 5 rings (SSSR count). The smallest absolute Gasteiger partial charge is 0.277 e. The Bertz CT molecular complexity index is 1450. The Morgan fingerprint density at radius 1 is 1.06 bits per heavy atom. The van der Waals surface area contributed by atoms with Crippen LogP contribution in [-0.2, 0) is 6.54 Å². The fourth-order valence-electron chi connectivity index (χ4n) is 3.28. The van der Waals surface area contributed by atoms with Gasteiger partial charge in [-0.2, -0.15) is 10.1 Å². The Labute approximate surface area is 184 Å². The molecule has 0 aliphatic heterocycles. The number of hydrogen-bond acceptors (Lipinski definition) is 6. The van der Waals surface area contributed by atoms with Gasteiger partial charge in [0.05, 0.1) is 12.8 Å². The van der Waals surface area contributed by atoms with Gasteiger partial charge in [-0.1, -0.05) is 45.4 Å². The van der Waals surface area contributed by atoms with Crippen molar-refractivity contribution in [3.8, 4) is 28.4 Å². The summed E-state index contributed by atoms with van der Waals surface area (Å²) in [4.78, 5) is 17.4. The lowest BCUT2D eigenvalue weighted by Crippen LogP contribution is -2.21. The summed E-state index contributed by atoms with van der Waals surface area (Å²) >= 11 is 3.43. The minimum Gasteiger partial charge on any atom is -0.497 e. The summed E-state index contributed by atoms with van der Waals surface area (Å²) in [6, 6.07) is 16.9. The maximum Gasteiger partial charge on any atom is 0.277 e. The number of methoxy groups -OCH3 is 1. The summed E-state index contributed by atoms with van der Waals surface area (Å²) in [6.07, 6.45) is 3.38. The first-order valence-electron chi connectivity index (χ1n) is 9.42. The maximum atomic E-state index is 13.0. The van der Waals surface area contributed by atoms with Gasteiger partial charge < -0.3 is 13.8 Å². The lowest BCUT2D eigenvalue weighted by Gasteiger charge is -2.02. The Kier molecular flexibility index (Phi) is 4.87. The molecule has 0 radical (unpaired) electrons. The SMILES string of the molecule is COc1cccc(-c2cc3c(=O)n(Cc4nc(-c5cccc(Br)c5)no4)ccn3n2)c1. The van der Waals surface area contributed by atoms with Crippen molar-refractivity contribution in [1.29, 1.82) is 0 Å². The maximum absolute atomic E-state index is 13.0. The molecule has 2 aromatic carbocycles. The van der Waals surface area contributed by atoms with Crippen LogP contribution in [0.5, 0.6) is 5.75 Å². The van der Waals surface area contributed by atoms with Crippen LogP contribution in [0.2, 0.25) is 0 Å². The van der Waals surface area contributed by atoms with Crippen molar-refractivity contribution >= 4 is 21.4 Å². The van der Waals surface area contributed by atoms with Gasteiger partial charge in [0.2, 0.25) is 11.7 Å². The van der Waals surface area contributed by atoms with Crippen LogP contribution in [0.25, 0.3) is 28.2 Å². The highest BCUT2D eigenvalue weighted by molar-refractivity contribution is 9.10. The summed E-state index contributed by atoms with van der Waals surface area (Å²) in [7, 11) is 1.61. The van der Waals surface area contributed by atoms with Gasteiger partial charge in [-0.05, 0) is 30.3 Å². The van der Waals surface area contributed by atoms with E-state index in [1.807, 2.05) is 48.5 Å². The molecule has 0 unspecified atom stereocenters. The molecule has 154 valence electrons. The van der Waals surface area contributed by atoms with Crippen LogP contribution in [0.1, 0.15) is 5.89 Å². The second-order valence-corrected chi connectivity index (χ2v) is 7.76. The lowest BCUT2D eigenvalue weighted by molar-refractivity contribution is 0.370. The fourth-order valence-corrected chi connectivity index (χ4v) is 3.68. The van der Waals surface area contributed by atoms with Crippen LogP contribution in [0.3, 0.4) is 0 Å². The zero-order valence-electron chi connectivity index (χ0n) is 16.4. The third kappa shape index (κ3) is 3.75. The third-order valence-electron chi connectivity index (χ3n) is 4.83. The third-order valence-corrected chi connectivity index (χ3v) is 5.32. The largest absolute Gasteiger partial charge is 0.497 e. The number of nitrogens with zero attached hydrogens (tertiary/aromatic N) is 5. The van der Waals surface area contributed by atoms with E-state index in [1.165, 1.54) is 4.57 Å². The molecular weight excluding hydrogens is 462 g/mol. The van der Waals surface area contributed by atoms with Crippen LogP contribution >= 0.6 is 15.9 Å². The number of hydrogen-bond donors (Lipinski definition) is 0. The van der Waals surface area contributed by atoms with E-state index >= 15 is 0 Å². The molecule has 9 heteroatoms. The van der Waals surface area contributed by atoms with Crippen LogP contribution in [0.15, 0.2) is 80.8 Å². The van der Waals surface area contributed by atoms with Crippen molar-refractivity contribution in [2.45, 2.75) is 6.54 Å². The minimum absolute atomic E-state index is 0.163. The van der Waals surface area contributed by atoms with Gasteiger partial charge in [-0.25, -0.2) is 4.52 Å². The number of ether oxygens (including phenoxy) is 1. The molecule has 0 amide bonds. The first kappa shape index (κ1) is 19.3. The van der Waals surface area contributed by atoms with Crippen molar-refractivity contribution in [3.63, 3.8) is 0 Å². The molecule has 0 aliphatic rings. The zero-order chi connectivity index (χ0) is 21.4. The van der Waals surface area contributed by atoms with E-state index in [1.54, 1.807) is 30.1 Å². The average Bonchev–Trinajstić information content (AvgIpc) is 3.44. The summed E-state index contributed by atoms with van der Waals surface area (Å²) in [6.45, 7) is 0.163. The predicted octanol–water partition coefficient (Wildman–Crippen LogP) is 4.03. The van der Waals surface area contributed by atoms with Crippen molar-refractivity contribution in [2.75, 3.05) is 7.11 Å². The monoisotopic (exact) mass is 477 g/mol. The Morgan fingerprint density at radius 2 is 1.90 bits per heavy atom. The Hall–Kier alpha value is -3.72. The van der Waals surface area contributed by atoms with Gasteiger partial charge in [0.1, 0.15) is 17.8 Å². The van der Waals surface area contributed by atoms with E-state index in [0.29, 0.717) is 22.9 Å². The second-order valence-electron chi connectivity index (χ2n) is 6.84. The minimum atomic E-state index is -0.202. The summed E-state index contributed by atoms with van der Waals surface area (Å²) < 4.78 is 14.6. The Balaban J connectivity index is 1.46. The molecule has 31 heavy (non-hydrogen) atoms. The molecule has 0 atom stereocenters. The van der Waals surface area contributed by atoms with E-state index in [9.17, 15) is 4.79 Å². The number of aromatic nitrogens is 5. The van der Waals surface area contributed by atoms with Crippen molar-refractivity contribution < 1.29 is 9.26 Å². The molecular formula is C22H16BrN5O3. The highest BCUT2D eigenvalue weighted by atomic mass is 79.9. The standard InChI is InChI=1S/C22H16BrN5O3/c1-30-17-7-3-4-14(11-17)18-12-19-22(29)27(8-9-28(19)25-18)13-20-24-21(26-31-20)15-5-2-6-16(23)10-15/h2-12H,13H2,1H3. The van der Waals surface area contributed by atoms with Gasteiger partial charge in [0.25, 0.3) is 5.56 Å². The topological polar surface area (TPSA) is 87.5 Å². The van der Waals surface area contributed by atoms with Crippen molar-refractivity contribution in [3.05, 3.63) is 87.7 Å². The molecule has 0 saturated heterocycles. The molecule has 0 N–H and O–H groups in total. The van der Waals surface area contributed by atoms with E-state index in [4.69, 9.17) is 9.26 Å². The van der Waals surface area contributed by atoms with Crippen LogP contribution < -0.4 is 10.3 Å². The molecule has 0 bridgehead atoms. The predicted molar refractivity (Wildman–Crippen MR) is 118 cm³/mol. The molecule has 5 aromatic rings. The van der Waals surface area contributed by atoms with Crippen LogP contribution in [0.4, 0.5) is 0 Å². The first-order valence-corrected chi connectivity index (χ1v) is 10.2. The summed E-state index contributed by atoms with van der Waals surface area (Å²) in [5.41, 5.74) is 2.62. The van der Waals surface area contributed by atoms with Crippen LogP contribution in [-0.4, -0.2) is 31.4 Å². The molecule has 0 spiro atoms. The van der Waals surface area contributed by atoms with Gasteiger partial charge >= 0.3 is 0 Å². The first-order chi connectivity index (χ1) is 15.1. The van der Waals surface area contributed by atoms with Crippen LogP contribution in [0, 0.1) is 0 Å². The zero-order valence-corrected chi connectivity index (χ0v) is 18.0. The number of rotatable bonds is 5. The highest BCUT2D eigenvalue weighted by Crippen LogP contribution is 2.23. The average molecular weight is 478 g/mol. The molecule has 8 nitrogen and oxygen atoms in total. The fraction of sp³-hybridized carbons (Fsp3) is 0.0909. The van der Waals surface area contributed by atoms with E-state index < -0.39 is 0 Å². The normalized spacial score (nSPS) is 11.2. The van der Waals surface area contributed by atoms with E-state index in [-0.39, 0.29) is 12.1 Å². The lowest BCUT2D eigenvalue weighted by atomic mass is 10.1. The molecule has 3 heterocycles. The van der Waals surface area contributed by atoms with Crippen molar-refractivity contribution in [1.82, 2.24) is 24.3 Å². The Morgan fingerprint density at radius 3 is 2.74 bits per heavy atom. The van der Waals surface area contributed by atoms with Crippen molar-refractivity contribution in [2.24, 2.45) is 0 Å². The molecule has 0 saturated carbocycles. The number of benzene rings is 2. The summed E-state index contributed by atoms with van der Waals surface area (Å²) in [5.74, 6) is 1.54. The summed E-state index contributed by atoms with van der Waals surface area (Å²) in [5, 5.41) is 8.54. The number of halogens is 1. The van der Waals surface area contributed by atoms with Gasteiger partial charge in [-0.15, -0.1) is 0 Å². The molecule has 0 fully saturated rings. The molecule has 0 aliphatic carbocycles. The van der Waals surface area contributed by atoms with Gasteiger partial charge in [0, 0.05) is 28.0 Å². The highest BCUT2D eigenvalue weighted by Gasteiger charge is 2.13. The van der Waals surface area contributed by atoms with Gasteiger partial charge in [0.15, 0.2) is 0 Å². The number of fused-ring (bicyclic) bond motifs is 1. The molecule has 3 aromatic heterocycles. The van der Waals surface area contributed by atoms with E-state index in [0.717, 1.165) is 21.3 Å².